The zero-order chi connectivity index (χ0) is 21.1. The van der Waals surface area contributed by atoms with Crippen LogP contribution in [0.2, 0.25) is 0 Å². The Balaban J connectivity index is 1.51. The number of rotatable bonds is 6. The summed E-state index contributed by atoms with van der Waals surface area (Å²) in [5.74, 6) is 0.817. The van der Waals surface area contributed by atoms with E-state index >= 15 is 0 Å². The fourth-order valence-electron chi connectivity index (χ4n) is 3.41. The minimum absolute atomic E-state index is 0.244. The molecule has 1 N–H and O–H groups in total. The van der Waals surface area contributed by atoms with Crippen molar-refractivity contribution in [1.29, 1.82) is 0 Å². The molecular weight excluding hydrogens is 380 g/mol. The Hall–Kier alpha value is -3.80. The lowest BCUT2D eigenvalue weighted by Gasteiger charge is -2.12. The summed E-state index contributed by atoms with van der Waals surface area (Å²) in [5, 5.41) is 4.94. The van der Waals surface area contributed by atoms with Crippen LogP contribution < -0.4 is 14.8 Å². The molecule has 0 aliphatic carbocycles. The summed E-state index contributed by atoms with van der Waals surface area (Å²) in [6.07, 6.45) is 1.63. The number of nitrogens with one attached hydrogen (secondary N) is 1. The minimum Gasteiger partial charge on any atom is -0.493 e. The lowest BCUT2D eigenvalue weighted by Crippen LogP contribution is -2.30. The number of ether oxygens (including phenoxy) is 2. The van der Waals surface area contributed by atoms with Gasteiger partial charge in [0.1, 0.15) is 12.3 Å². The number of carbonyl (C=O) groups is 2. The molecule has 3 aromatic rings. The number of carbonyl (C=O) groups excluding carboxylic acids is 2. The first kappa shape index (κ1) is 19.5. The number of benzene rings is 3. The van der Waals surface area contributed by atoms with Gasteiger partial charge in [-0.05, 0) is 53.1 Å². The first-order chi connectivity index (χ1) is 14.6. The van der Waals surface area contributed by atoms with Crippen molar-refractivity contribution in [1.82, 2.24) is 10.2 Å². The normalized spacial score (nSPS) is 15.0. The summed E-state index contributed by atoms with van der Waals surface area (Å²) in [4.78, 5) is 25.2. The number of imide groups is 1. The van der Waals surface area contributed by atoms with Crippen LogP contribution in [0.25, 0.3) is 16.8 Å². The monoisotopic (exact) mass is 402 g/mol. The molecule has 30 heavy (non-hydrogen) atoms. The molecule has 1 fully saturated rings. The van der Waals surface area contributed by atoms with E-state index < -0.39 is 6.03 Å². The van der Waals surface area contributed by atoms with Gasteiger partial charge in [0.25, 0.3) is 5.91 Å². The number of amides is 3. The maximum absolute atomic E-state index is 12.2. The van der Waals surface area contributed by atoms with Gasteiger partial charge in [0.2, 0.25) is 0 Å². The third-order valence-corrected chi connectivity index (χ3v) is 4.99. The fourth-order valence-corrected chi connectivity index (χ4v) is 3.41. The number of urea groups is 1. The molecule has 6 heteroatoms. The summed E-state index contributed by atoms with van der Waals surface area (Å²) >= 11 is 0. The first-order valence-electron chi connectivity index (χ1n) is 9.72. The molecular formula is C24H22N2O4. The van der Waals surface area contributed by atoms with E-state index in [9.17, 15) is 9.59 Å². The minimum atomic E-state index is -0.406. The SMILES string of the molecule is CCN1C(=O)N/C(=C/c2ccc(OCc3ccc4ccccc4c3)c(OC)c2)C1=O. The number of methoxy groups -OCH3 is 1. The summed E-state index contributed by atoms with van der Waals surface area (Å²) in [6, 6.07) is 19.4. The van der Waals surface area contributed by atoms with E-state index in [0.29, 0.717) is 24.7 Å². The van der Waals surface area contributed by atoms with E-state index in [4.69, 9.17) is 9.47 Å². The molecule has 0 spiro atoms. The summed E-state index contributed by atoms with van der Waals surface area (Å²) in [5.41, 5.74) is 2.03. The van der Waals surface area contributed by atoms with Crippen LogP contribution in [0.1, 0.15) is 18.1 Å². The highest BCUT2D eigenvalue weighted by atomic mass is 16.5. The maximum Gasteiger partial charge on any atom is 0.328 e. The Morgan fingerprint density at radius 1 is 0.967 bits per heavy atom. The average Bonchev–Trinajstić information content (AvgIpc) is 3.04. The number of likely N-dealkylation sites (N-methyl/N-ethyl adjacent to an activating group) is 1. The molecule has 3 amide bonds. The second kappa shape index (κ2) is 8.29. The van der Waals surface area contributed by atoms with Crippen LogP contribution in [0.15, 0.2) is 66.4 Å². The van der Waals surface area contributed by atoms with Gasteiger partial charge in [-0.1, -0.05) is 42.5 Å². The molecule has 0 saturated carbocycles. The lowest BCUT2D eigenvalue weighted by molar-refractivity contribution is -0.122. The molecule has 3 aromatic carbocycles. The number of fused-ring (bicyclic) bond motifs is 1. The molecule has 0 bridgehead atoms. The van der Waals surface area contributed by atoms with Gasteiger partial charge in [0, 0.05) is 6.54 Å². The molecule has 4 rings (SSSR count). The molecule has 0 atom stereocenters. The Kier molecular flexibility index (Phi) is 5.39. The highest BCUT2D eigenvalue weighted by Crippen LogP contribution is 2.30. The van der Waals surface area contributed by atoms with E-state index in [-0.39, 0.29) is 11.6 Å². The van der Waals surface area contributed by atoms with E-state index in [1.54, 1.807) is 32.2 Å². The fraction of sp³-hybridized carbons (Fsp3) is 0.167. The molecule has 0 aromatic heterocycles. The van der Waals surface area contributed by atoms with Crippen LogP contribution in [0.3, 0.4) is 0 Å². The van der Waals surface area contributed by atoms with Gasteiger partial charge in [0.05, 0.1) is 7.11 Å². The van der Waals surface area contributed by atoms with Crippen molar-refractivity contribution in [2.45, 2.75) is 13.5 Å². The number of hydrogen-bond acceptors (Lipinski definition) is 4. The van der Waals surface area contributed by atoms with Crippen molar-refractivity contribution >= 4 is 28.8 Å². The largest absolute Gasteiger partial charge is 0.493 e. The quantitative estimate of drug-likeness (QED) is 0.492. The van der Waals surface area contributed by atoms with Crippen molar-refractivity contribution < 1.29 is 19.1 Å². The summed E-state index contributed by atoms with van der Waals surface area (Å²) < 4.78 is 11.4. The van der Waals surface area contributed by atoms with Crippen molar-refractivity contribution in [2.75, 3.05) is 13.7 Å². The van der Waals surface area contributed by atoms with E-state index in [1.807, 2.05) is 24.3 Å². The van der Waals surface area contributed by atoms with Crippen LogP contribution in [-0.2, 0) is 11.4 Å². The standard InChI is InChI=1S/C24H22N2O4/c1-3-26-23(27)20(25-24(26)28)13-16-9-11-21(22(14-16)29-2)30-15-17-8-10-18-6-4-5-7-19(18)12-17/h4-14H,3,15H2,1-2H3,(H,25,28)/b20-13+. The first-order valence-corrected chi connectivity index (χ1v) is 9.72. The van der Waals surface area contributed by atoms with Crippen molar-refractivity contribution in [3.05, 3.63) is 77.5 Å². The number of hydrogen-bond donors (Lipinski definition) is 1. The smallest absolute Gasteiger partial charge is 0.328 e. The molecule has 1 aliphatic heterocycles. The lowest BCUT2D eigenvalue weighted by atomic mass is 10.1. The Bertz CT molecular complexity index is 1150. The molecule has 6 nitrogen and oxygen atoms in total. The molecule has 0 radical (unpaired) electrons. The van der Waals surface area contributed by atoms with E-state index in [1.165, 1.54) is 5.39 Å². The molecule has 1 heterocycles. The topological polar surface area (TPSA) is 67.9 Å². The van der Waals surface area contributed by atoms with Crippen LogP contribution in [0, 0.1) is 0 Å². The zero-order valence-electron chi connectivity index (χ0n) is 16.8. The second-order valence-corrected chi connectivity index (χ2v) is 6.92. The second-order valence-electron chi connectivity index (χ2n) is 6.92. The number of nitrogens with zero attached hydrogens (tertiary/aromatic N) is 1. The molecule has 1 aliphatic rings. The van der Waals surface area contributed by atoms with Gasteiger partial charge in [-0.2, -0.15) is 0 Å². The van der Waals surface area contributed by atoms with Crippen molar-refractivity contribution in [3.63, 3.8) is 0 Å². The maximum atomic E-state index is 12.2. The van der Waals surface area contributed by atoms with Crippen molar-refractivity contribution in [2.24, 2.45) is 0 Å². The van der Waals surface area contributed by atoms with Crippen LogP contribution in [0.4, 0.5) is 4.79 Å². The predicted molar refractivity (Wildman–Crippen MR) is 115 cm³/mol. The van der Waals surface area contributed by atoms with Gasteiger partial charge in [-0.25, -0.2) is 4.79 Å². The summed E-state index contributed by atoms with van der Waals surface area (Å²) in [6.45, 7) is 2.49. The highest BCUT2D eigenvalue weighted by Gasteiger charge is 2.32. The van der Waals surface area contributed by atoms with Gasteiger partial charge in [-0.3, -0.25) is 9.69 Å². The van der Waals surface area contributed by atoms with E-state index in [2.05, 4.69) is 29.6 Å². The third-order valence-electron chi connectivity index (χ3n) is 4.99. The van der Waals surface area contributed by atoms with Crippen LogP contribution in [-0.4, -0.2) is 30.5 Å². The predicted octanol–water partition coefficient (Wildman–Crippen LogP) is 4.34. The summed E-state index contributed by atoms with van der Waals surface area (Å²) in [7, 11) is 1.57. The van der Waals surface area contributed by atoms with Gasteiger partial charge in [0.15, 0.2) is 11.5 Å². The average molecular weight is 402 g/mol. The molecule has 152 valence electrons. The highest BCUT2D eigenvalue weighted by molar-refractivity contribution is 6.13. The third kappa shape index (κ3) is 3.85. The van der Waals surface area contributed by atoms with Gasteiger partial charge < -0.3 is 14.8 Å². The Morgan fingerprint density at radius 2 is 1.77 bits per heavy atom. The molecule has 0 unspecified atom stereocenters. The van der Waals surface area contributed by atoms with Crippen LogP contribution >= 0.6 is 0 Å². The van der Waals surface area contributed by atoms with Crippen LogP contribution in [0.5, 0.6) is 11.5 Å². The molecule has 1 saturated heterocycles. The zero-order valence-corrected chi connectivity index (χ0v) is 16.8. The van der Waals surface area contributed by atoms with E-state index in [0.717, 1.165) is 21.4 Å². The van der Waals surface area contributed by atoms with Gasteiger partial charge >= 0.3 is 6.03 Å². The van der Waals surface area contributed by atoms with Gasteiger partial charge in [-0.15, -0.1) is 0 Å². The Morgan fingerprint density at radius 3 is 2.50 bits per heavy atom. The van der Waals surface area contributed by atoms with Crippen molar-refractivity contribution in [3.8, 4) is 11.5 Å². The Labute approximate surface area is 174 Å².